The lowest BCUT2D eigenvalue weighted by atomic mass is 10.0. The molecular formula is C14H20BrNO2S. The molecule has 3 nitrogen and oxygen atoms in total. The Morgan fingerprint density at radius 3 is 3.05 bits per heavy atom. The number of nitrogens with one attached hydrogen (secondary N) is 1. The van der Waals surface area contributed by atoms with E-state index in [2.05, 4.69) is 27.3 Å². The van der Waals surface area contributed by atoms with Gasteiger partial charge in [0.2, 0.25) is 0 Å². The van der Waals surface area contributed by atoms with Gasteiger partial charge in [-0.15, -0.1) is 0 Å². The number of halogens is 1. The largest absolute Gasteiger partial charge is 0.496 e. The van der Waals surface area contributed by atoms with E-state index in [1.54, 1.807) is 7.11 Å². The van der Waals surface area contributed by atoms with Gasteiger partial charge in [-0.25, -0.2) is 0 Å². The average Bonchev–Trinajstić information content (AvgIpc) is 2.46. The van der Waals surface area contributed by atoms with Gasteiger partial charge in [0.25, 0.3) is 0 Å². The molecule has 1 heterocycles. The summed E-state index contributed by atoms with van der Waals surface area (Å²) in [5, 5.41) is 3.38. The van der Waals surface area contributed by atoms with Gasteiger partial charge < -0.3 is 14.8 Å². The zero-order valence-electron chi connectivity index (χ0n) is 11.3. The number of hydrogen-bond donors (Lipinski definition) is 1. The Bertz CT molecular complexity index is 410. The standard InChI is InChI=1S/C14H20BrNO2S/c1-16-12(14-9-19-6-5-18-14)8-10-7-11(15)3-4-13(10)17-2/h3-4,7,12,14,16H,5-6,8-9H2,1-2H3. The van der Waals surface area contributed by atoms with Crippen LogP contribution in [0.2, 0.25) is 0 Å². The molecule has 1 aliphatic heterocycles. The summed E-state index contributed by atoms with van der Waals surface area (Å²) in [5.74, 6) is 3.10. The zero-order chi connectivity index (χ0) is 13.7. The maximum atomic E-state index is 5.87. The van der Waals surface area contributed by atoms with Crippen molar-refractivity contribution >= 4 is 27.7 Å². The second-order valence-electron chi connectivity index (χ2n) is 4.54. The second kappa shape index (κ2) is 7.53. The van der Waals surface area contributed by atoms with E-state index in [1.807, 2.05) is 30.9 Å². The molecule has 19 heavy (non-hydrogen) atoms. The molecule has 5 heteroatoms. The normalized spacial score (nSPS) is 21.1. The molecule has 0 radical (unpaired) electrons. The minimum Gasteiger partial charge on any atom is -0.496 e. The summed E-state index contributed by atoms with van der Waals surface area (Å²) in [6.45, 7) is 0.850. The molecular weight excluding hydrogens is 326 g/mol. The van der Waals surface area contributed by atoms with Crippen LogP contribution >= 0.6 is 27.7 Å². The lowest BCUT2D eigenvalue weighted by molar-refractivity contribution is 0.0491. The van der Waals surface area contributed by atoms with Crippen LogP contribution in [0.1, 0.15) is 5.56 Å². The lowest BCUT2D eigenvalue weighted by Gasteiger charge is -2.30. The first-order valence-electron chi connectivity index (χ1n) is 6.43. The minimum atomic E-state index is 0.271. The number of methoxy groups -OCH3 is 1. The number of thioether (sulfide) groups is 1. The Morgan fingerprint density at radius 2 is 2.42 bits per heavy atom. The SMILES string of the molecule is CNC(Cc1cc(Br)ccc1OC)C1CSCCO1. The van der Waals surface area contributed by atoms with E-state index in [9.17, 15) is 0 Å². The predicted octanol–water partition coefficient (Wildman–Crippen LogP) is 2.72. The quantitative estimate of drug-likeness (QED) is 0.888. The highest BCUT2D eigenvalue weighted by molar-refractivity contribution is 9.10. The van der Waals surface area contributed by atoms with Crippen LogP contribution in [0.3, 0.4) is 0 Å². The lowest BCUT2D eigenvalue weighted by Crippen LogP contribution is -2.44. The predicted molar refractivity (Wildman–Crippen MR) is 84.3 cm³/mol. The summed E-state index contributed by atoms with van der Waals surface area (Å²) < 4.78 is 12.4. The van der Waals surface area contributed by atoms with Gasteiger partial charge in [-0.05, 0) is 37.2 Å². The van der Waals surface area contributed by atoms with Crippen LogP contribution in [0.15, 0.2) is 22.7 Å². The monoisotopic (exact) mass is 345 g/mol. The fraction of sp³-hybridized carbons (Fsp3) is 0.571. The van der Waals surface area contributed by atoms with Crippen molar-refractivity contribution in [1.29, 1.82) is 0 Å². The summed E-state index contributed by atoms with van der Waals surface area (Å²) in [4.78, 5) is 0. The number of benzene rings is 1. The van der Waals surface area contributed by atoms with Crippen molar-refractivity contribution in [3.63, 3.8) is 0 Å². The molecule has 0 spiro atoms. The Morgan fingerprint density at radius 1 is 1.58 bits per heavy atom. The molecule has 0 aromatic heterocycles. The summed E-state index contributed by atoms with van der Waals surface area (Å²) in [5.41, 5.74) is 1.20. The first-order chi connectivity index (χ1) is 9.24. The molecule has 2 rings (SSSR count). The maximum Gasteiger partial charge on any atom is 0.122 e. The van der Waals surface area contributed by atoms with Crippen molar-refractivity contribution < 1.29 is 9.47 Å². The Kier molecular flexibility index (Phi) is 6.01. The molecule has 106 valence electrons. The molecule has 1 N–H and O–H groups in total. The van der Waals surface area contributed by atoms with E-state index in [-0.39, 0.29) is 6.10 Å². The highest BCUT2D eigenvalue weighted by Gasteiger charge is 2.24. The molecule has 1 aromatic carbocycles. The third-order valence-electron chi connectivity index (χ3n) is 3.34. The minimum absolute atomic E-state index is 0.271. The molecule has 1 aromatic rings. The van der Waals surface area contributed by atoms with Gasteiger partial charge >= 0.3 is 0 Å². The fourth-order valence-electron chi connectivity index (χ4n) is 2.30. The Balaban J connectivity index is 2.10. The van der Waals surface area contributed by atoms with Gasteiger partial charge in [0, 0.05) is 22.0 Å². The molecule has 0 saturated carbocycles. The molecule has 1 saturated heterocycles. The molecule has 1 fully saturated rings. The van der Waals surface area contributed by atoms with Crippen LogP contribution in [0, 0.1) is 0 Å². The number of likely N-dealkylation sites (N-methyl/N-ethyl adjacent to an activating group) is 1. The topological polar surface area (TPSA) is 30.5 Å². The van der Waals surface area contributed by atoms with Gasteiger partial charge in [-0.2, -0.15) is 11.8 Å². The molecule has 2 atom stereocenters. The number of rotatable bonds is 5. The van der Waals surface area contributed by atoms with Crippen molar-refractivity contribution in [3.05, 3.63) is 28.2 Å². The maximum absolute atomic E-state index is 5.87. The van der Waals surface area contributed by atoms with E-state index in [1.165, 1.54) is 5.56 Å². The van der Waals surface area contributed by atoms with Crippen molar-refractivity contribution in [3.8, 4) is 5.75 Å². The number of hydrogen-bond acceptors (Lipinski definition) is 4. The summed E-state index contributed by atoms with van der Waals surface area (Å²) in [6.07, 6.45) is 1.18. The van der Waals surface area contributed by atoms with Crippen LogP contribution in [0.4, 0.5) is 0 Å². The summed E-state index contributed by atoms with van der Waals surface area (Å²) in [7, 11) is 3.71. The first-order valence-corrected chi connectivity index (χ1v) is 8.38. The molecule has 2 unspecified atom stereocenters. The molecule has 1 aliphatic rings. The molecule has 0 amide bonds. The third kappa shape index (κ3) is 4.12. The van der Waals surface area contributed by atoms with Crippen molar-refractivity contribution in [2.45, 2.75) is 18.6 Å². The highest BCUT2D eigenvalue weighted by Crippen LogP contribution is 2.26. The van der Waals surface area contributed by atoms with E-state index >= 15 is 0 Å². The van der Waals surface area contributed by atoms with E-state index in [0.717, 1.165) is 34.8 Å². The molecule has 0 bridgehead atoms. The zero-order valence-corrected chi connectivity index (χ0v) is 13.7. The first kappa shape index (κ1) is 15.2. The van der Waals surface area contributed by atoms with E-state index < -0.39 is 0 Å². The molecule has 0 aliphatic carbocycles. The van der Waals surface area contributed by atoms with E-state index in [4.69, 9.17) is 9.47 Å². The Hall–Kier alpha value is -0.230. The summed E-state index contributed by atoms with van der Waals surface area (Å²) >= 11 is 5.49. The van der Waals surface area contributed by atoms with Crippen LogP contribution < -0.4 is 10.1 Å². The average molecular weight is 346 g/mol. The fourth-order valence-corrected chi connectivity index (χ4v) is 3.65. The van der Waals surface area contributed by atoms with Gasteiger partial charge in [-0.3, -0.25) is 0 Å². The van der Waals surface area contributed by atoms with Gasteiger partial charge in [0.1, 0.15) is 5.75 Å². The smallest absolute Gasteiger partial charge is 0.122 e. The van der Waals surface area contributed by atoms with Crippen molar-refractivity contribution in [2.75, 3.05) is 32.3 Å². The van der Waals surface area contributed by atoms with Crippen LogP contribution in [-0.4, -0.2) is 44.4 Å². The third-order valence-corrected chi connectivity index (χ3v) is 4.86. The van der Waals surface area contributed by atoms with Gasteiger partial charge in [0.05, 0.1) is 19.8 Å². The second-order valence-corrected chi connectivity index (χ2v) is 6.61. The van der Waals surface area contributed by atoms with Gasteiger partial charge in [0.15, 0.2) is 0 Å². The van der Waals surface area contributed by atoms with Crippen LogP contribution in [0.5, 0.6) is 5.75 Å². The Labute approximate surface area is 127 Å². The van der Waals surface area contributed by atoms with Crippen molar-refractivity contribution in [2.24, 2.45) is 0 Å². The van der Waals surface area contributed by atoms with Crippen LogP contribution in [0.25, 0.3) is 0 Å². The van der Waals surface area contributed by atoms with Crippen molar-refractivity contribution in [1.82, 2.24) is 5.32 Å². The van der Waals surface area contributed by atoms with E-state index in [0.29, 0.717) is 6.04 Å². The number of ether oxygens (including phenoxy) is 2. The van der Waals surface area contributed by atoms with Crippen LogP contribution in [-0.2, 0) is 11.2 Å². The summed E-state index contributed by atoms with van der Waals surface area (Å²) in [6, 6.07) is 6.45. The van der Waals surface area contributed by atoms with Gasteiger partial charge in [-0.1, -0.05) is 15.9 Å². The highest BCUT2D eigenvalue weighted by atomic mass is 79.9.